The molecule has 2 atom stereocenters. The summed E-state index contributed by atoms with van der Waals surface area (Å²) in [4.78, 5) is 28.3. The lowest BCUT2D eigenvalue weighted by Gasteiger charge is -2.14. The van der Waals surface area contributed by atoms with Gasteiger partial charge in [0.15, 0.2) is 11.3 Å². The molecule has 1 aromatic carbocycles. The Morgan fingerprint density at radius 3 is 2.79 bits per heavy atom. The quantitative estimate of drug-likeness (QED) is 0.561. The fourth-order valence-electron chi connectivity index (χ4n) is 2.65. The third kappa shape index (κ3) is 5.43. The zero-order valence-corrected chi connectivity index (χ0v) is 16.1. The first-order valence-corrected chi connectivity index (χ1v) is 9.37. The van der Waals surface area contributed by atoms with Gasteiger partial charge in [0.05, 0.1) is 17.4 Å². The van der Waals surface area contributed by atoms with Crippen molar-refractivity contribution in [1.82, 2.24) is 4.98 Å². The van der Waals surface area contributed by atoms with E-state index in [2.05, 4.69) is 10.3 Å². The van der Waals surface area contributed by atoms with Gasteiger partial charge >= 0.3 is 5.97 Å². The number of ether oxygens (including phenoxy) is 3. The summed E-state index contributed by atoms with van der Waals surface area (Å²) >= 11 is 5.90. The molecule has 1 aromatic heterocycles. The van der Waals surface area contributed by atoms with Crippen LogP contribution in [-0.4, -0.2) is 42.3 Å². The molecule has 0 unspecified atom stereocenters. The van der Waals surface area contributed by atoms with E-state index < -0.39 is 18.0 Å². The van der Waals surface area contributed by atoms with E-state index in [1.807, 2.05) is 0 Å². The minimum absolute atomic E-state index is 0.123. The van der Waals surface area contributed by atoms with Crippen molar-refractivity contribution in [3.05, 3.63) is 53.3 Å². The number of rotatable bonds is 7. The minimum atomic E-state index is -1.00. The van der Waals surface area contributed by atoms with Crippen LogP contribution in [0.25, 0.3) is 0 Å². The van der Waals surface area contributed by atoms with Crippen molar-refractivity contribution in [2.75, 3.05) is 18.5 Å². The zero-order valence-electron chi connectivity index (χ0n) is 15.4. The van der Waals surface area contributed by atoms with E-state index >= 15 is 0 Å². The van der Waals surface area contributed by atoms with Crippen LogP contribution in [0.3, 0.4) is 0 Å². The number of nitrogens with one attached hydrogen (secondary N) is 1. The van der Waals surface area contributed by atoms with Gasteiger partial charge in [-0.3, -0.25) is 4.79 Å². The molecule has 0 bridgehead atoms. The molecule has 1 aliphatic rings. The first-order valence-electron chi connectivity index (χ1n) is 9.00. The average molecular weight is 405 g/mol. The smallest absolute Gasteiger partial charge is 0.338 e. The van der Waals surface area contributed by atoms with Crippen LogP contribution in [0.15, 0.2) is 42.6 Å². The number of carbonyl (C=O) groups excluding carboxylic acids is 2. The normalized spacial score (nSPS) is 17.0. The number of esters is 1. The van der Waals surface area contributed by atoms with Crippen LogP contribution in [0.2, 0.25) is 5.15 Å². The molecule has 0 spiro atoms. The van der Waals surface area contributed by atoms with Crippen LogP contribution >= 0.6 is 11.6 Å². The second kappa shape index (κ2) is 9.52. The SMILES string of the molecule is C[C@@H](OC(=O)c1ccc(OC[C@@H]2CCCO2)cc1)C(=O)Nc1cccnc1Cl. The summed E-state index contributed by atoms with van der Waals surface area (Å²) < 4.78 is 16.4. The van der Waals surface area contributed by atoms with E-state index in [1.54, 1.807) is 36.4 Å². The fraction of sp³-hybridized carbons (Fsp3) is 0.350. The first-order chi connectivity index (χ1) is 13.5. The van der Waals surface area contributed by atoms with E-state index in [1.165, 1.54) is 13.1 Å². The highest BCUT2D eigenvalue weighted by Gasteiger charge is 2.20. The molecule has 2 heterocycles. The van der Waals surface area contributed by atoms with Gasteiger partial charge in [-0.1, -0.05) is 11.6 Å². The van der Waals surface area contributed by atoms with Crippen molar-refractivity contribution in [3.63, 3.8) is 0 Å². The Morgan fingerprint density at radius 2 is 2.11 bits per heavy atom. The summed E-state index contributed by atoms with van der Waals surface area (Å²) in [5.74, 6) is -0.463. The molecule has 0 radical (unpaired) electrons. The van der Waals surface area contributed by atoms with Gasteiger partial charge in [0.2, 0.25) is 0 Å². The lowest BCUT2D eigenvalue weighted by molar-refractivity contribution is -0.123. The summed E-state index contributed by atoms with van der Waals surface area (Å²) in [5.41, 5.74) is 0.674. The molecule has 0 aliphatic carbocycles. The van der Waals surface area contributed by atoms with Crippen molar-refractivity contribution in [1.29, 1.82) is 0 Å². The summed E-state index contributed by atoms with van der Waals surface area (Å²) in [6, 6.07) is 9.81. The van der Waals surface area contributed by atoms with Crippen LogP contribution in [0, 0.1) is 0 Å². The highest BCUT2D eigenvalue weighted by Crippen LogP contribution is 2.19. The summed E-state index contributed by atoms with van der Waals surface area (Å²) in [6.07, 6.45) is 2.68. The lowest BCUT2D eigenvalue weighted by Crippen LogP contribution is -2.30. The second-order valence-electron chi connectivity index (χ2n) is 6.35. The number of nitrogens with zero attached hydrogens (tertiary/aromatic N) is 1. The van der Waals surface area contributed by atoms with Gasteiger partial charge in [-0.2, -0.15) is 0 Å². The molecular formula is C20H21ClN2O5. The van der Waals surface area contributed by atoms with E-state index in [0.717, 1.165) is 19.4 Å². The summed E-state index contributed by atoms with van der Waals surface area (Å²) in [6.45, 7) is 2.74. The van der Waals surface area contributed by atoms with E-state index in [-0.39, 0.29) is 11.3 Å². The predicted molar refractivity (Wildman–Crippen MR) is 104 cm³/mol. The third-order valence-electron chi connectivity index (χ3n) is 4.22. The van der Waals surface area contributed by atoms with Crippen LogP contribution in [0.5, 0.6) is 5.75 Å². The molecule has 2 aromatic rings. The number of benzene rings is 1. The van der Waals surface area contributed by atoms with Gasteiger partial charge in [-0.25, -0.2) is 9.78 Å². The third-order valence-corrected chi connectivity index (χ3v) is 4.52. The number of aromatic nitrogens is 1. The Morgan fingerprint density at radius 1 is 1.32 bits per heavy atom. The van der Waals surface area contributed by atoms with Gasteiger partial charge in [-0.15, -0.1) is 0 Å². The molecule has 8 heteroatoms. The molecule has 28 heavy (non-hydrogen) atoms. The monoisotopic (exact) mass is 404 g/mol. The molecule has 148 valence electrons. The number of pyridine rings is 1. The topological polar surface area (TPSA) is 86.8 Å². The number of halogens is 1. The van der Waals surface area contributed by atoms with E-state index in [0.29, 0.717) is 23.6 Å². The largest absolute Gasteiger partial charge is 0.491 e. The van der Waals surface area contributed by atoms with Crippen molar-refractivity contribution in [3.8, 4) is 5.75 Å². The lowest BCUT2D eigenvalue weighted by atomic mass is 10.2. The molecule has 1 N–H and O–H groups in total. The Labute approximate surface area is 168 Å². The second-order valence-corrected chi connectivity index (χ2v) is 6.71. The molecule has 7 nitrogen and oxygen atoms in total. The summed E-state index contributed by atoms with van der Waals surface area (Å²) in [5, 5.41) is 2.74. The molecule has 3 rings (SSSR count). The first kappa shape index (κ1) is 20.1. The van der Waals surface area contributed by atoms with E-state index in [9.17, 15) is 9.59 Å². The molecular weight excluding hydrogens is 384 g/mol. The van der Waals surface area contributed by atoms with Crippen molar-refractivity contribution >= 4 is 29.2 Å². The Kier molecular flexibility index (Phi) is 6.84. The fourth-order valence-corrected chi connectivity index (χ4v) is 2.81. The number of anilines is 1. The van der Waals surface area contributed by atoms with Gasteiger partial charge < -0.3 is 19.5 Å². The number of carbonyl (C=O) groups is 2. The Hall–Kier alpha value is -2.64. The minimum Gasteiger partial charge on any atom is -0.491 e. The number of amides is 1. The Bertz CT molecular complexity index is 822. The molecule has 1 amide bonds. The van der Waals surface area contributed by atoms with Gasteiger partial charge in [0, 0.05) is 12.8 Å². The summed E-state index contributed by atoms with van der Waals surface area (Å²) in [7, 11) is 0. The maximum atomic E-state index is 12.3. The predicted octanol–water partition coefficient (Wildman–Crippen LogP) is 3.48. The number of hydrogen-bond donors (Lipinski definition) is 1. The maximum Gasteiger partial charge on any atom is 0.338 e. The standard InChI is InChI=1S/C20H21ClN2O5/c1-13(19(24)23-17-5-2-10-22-18(17)21)28-20(25)14-6-8-15(9-7-14)27-12-16-4-3-11-26-16/h2,5-10,13,16H,3-4,11-12H2,1H3,(H,23,24)/t13-,16+/m1/s1. The van der Waals surface area contributed by atoms with Gasteiger partial charge in [0.25, 0.3) is 5.91 Å². The molecule has 1 fully saturated rings. The van der Waals surface area contributed by atoms with Crippen LogP contribution in [-0.2, 0) is 14.3 Å². The zero-order chi connectivity index (χ0) is 19.9. The highest BCUT2D eigenvalue weighted by atomic mass is 35.5. The average Bonchev–Trinajstić information content (AvgIpc) is 3.22. The maximum absolute atomic E-state index is 12.3. The van der Waals surface area contributed by atoms with Crippen molar-refractivity contribution in [2.24, 2.45) is 0 Å². The van der Waals surface area contributed by atoms with Gasteiger partial charge in [-0.05, 0) is 56.2 Å². The van der Waals surface area contributed by atoms with Crippen LogP contribution in [0.4, 0.5) is 5.69 Å². The molecule has 0 saturated carbocycles. The van der Waals surface area contributed by atoms with Crippen LogP contribution in [0.1, 0.15) is 30.1 Å². The Balaban J connectivity index is 1.50. The van der Waals surface area contributed by atoms with E-state index in [4.69, 9.17) is 25.8 Å². The van der Waals surface area contributed by atoms with Crippen LogP contribution < -0.4 is 10.1 Å². The molecule has 1 aliphatic heterocycles. The highest BCUT2D eigenvalue weighted by molar-refractivity contribution is 6.32. The van der Waals surface area contributed by atoms with Gasteiger partial charge in [0.1, 0.15) is 12.4 Å². The molecule has 1 saturated heterocycles. The number of hydrogen-bond acceptors (Lipinski definition) is 6. The van der Waals surface area contributed by atoms with Crippen molar-refractivity contribution in [2.45, 2.75) is 32.0 Å². The van der Waals surface area contributed by atoms with Crippen molar-refractivity contribution < 1.29 is 23.8 Å².